The number of hydrogen-bond acceptors (Lipinski definition) is 7. The minimum Gasteiger partial charge on any atom is -0.497 e. The number of hydrogen-bond donors (Lipinski definition) is 0. The van der Waals surface area contributed by atoms with Crippen LogP contribution in [0.15, 0.2) is 42.5 Å². The summed E-state index contributed by atoms with van der Waals surface area (Å²) in [6.07, 6.45) is 0. The second-order valence-electron chi connectivity index (χ2n) is 8.69. The third-order valence-electron chi connectivity index (χ3n) is 7.09. The van der Waals surface area contributed by atoms with Gasteiger partial charge in [0, 0.05) is 17.5 Å². The van der Waals surface area contributed by atoms with Crippen molar-refractivity contribution >= 4 is 23.6 Å². The number of esters is 1. The van der Waals surface area contributed by atoms with Crippen LogP contribution in [0.25, 0.3) is 0 Å². The fraction of sp³-hybridized carbons (Fsp3) is 0.400. The standard InChI is InChI=1S/C25H26N2O7/c1-5-33-22(28)20-18-13-34-19-12-16(32-4)10-11-17(19)21(18)27-24(30)26(23(29)25(20,27)2)14-6-8-15(31-3)9-7-14/h6-12,18,20-21H,5,13H2,1-4H3/t18?,20?,21?,25-/m0/s1. The van der Waals surface area contributed by atoms with E-state index in [2.05, 4.69) is 0 Å². The number of anilines is 1. The Bertz CT molecular complexity index is 1160. The van der Waals surface area contributed by atoms with Gasteiger partial charge in [-0.05, 0) is 50.2 Å². The zero-order chi connectivity index (χ0) is 24.2. The van der Waals surface area contributed by atoms with Crippen molar-refractivity contribution in [2.24, 2.45) is 11.8 Å². The molecular weight excluding hydrogens is 440 g/mol. The quantitative estimate of drug-likeness (QED) is 0.493. The first-order chi connectivity index (χ1) is 16.4. The maximum absolute atomic E-state index is 13.9. The SMILES string of the molecule is CCOC(=O)C1C2COc3cc(OC)ccc3C2N2C(=O)N(c3ccc(OC)cc3)C(=O)[C@]12C. The Morgan fingerprint density at radius 2 is 1.76 bits per heavy atom. The number of methoxy groups -OCH3 is 2. The van der Waals surface area contributed by atoms with Gasteiger partial charge in [-0.2, -0.15) is 0 Å². The van der Waals surface area contributed by atoms with Crippen LogP contribution in [0.1, 0.15) is 25.5 Å². The Labute approximate surface area is 197 Å². The lowest BCUT2D eigenvalue weighted by molar-refractivity contribution is -0.154. The molecule has 2 fully saturated rings. The lowest BCUT2D eigenvalue weighted by Crippen LogP contribution is -2.51. The topological polar surface area (TPSA) is 94.6 Å². The van der Waals surface area contributed by atoms with Gasteiger partial charge >= 0.3 is 12.0 Å². The van der Waals surface area contributed by atoms with Crippen LogP contribution >= 0.6 is 0 Å². The molecular formula is C25H26N2O7. The van der Waals surface area contributed by atoms with Gasteiger partial charge in [0.05, 0.1) is 45.1 Å². The van der Waals surface area contributed by atoms with Crippen molar-refractivity contribution in [2.75, 3.05) is 32.3 Å². The molecule has 34 heavy (non-hydrogen) atoms. The van der Waals surface area contributed by atoms with Crippen LogP contribution < -0.4 is 19.1 Å². The van der Waals surface area contributed by atoms with E-state index in [4.69, 9.17) is 18.9 Å². The van der Waals surface area contributed by atoms with E-state index in [1.54, 1.807) is 69.4 Å². The summed E-state index contributed by atoms with van der Waals surface area (Å²) in [6.45, 7) is 3.71. The molecule has 9 nitrogen and oxygen atoms in total. The molecule has 2 aromatic rings. The summed E-state index contributed by atoms with van der Waals surface area (Å²) in [6, 6.07) is 11.0. The molecule has 0 aliphatic carbocycles. The number of carbonyl (C=O) groups excluding carboxylic acids is 3. The zero-order valence-corrected chi connectivity index (χ0v) is 19.4. The van der Waals surface area contributed by atoms with Crippen LogP contribution in [0.5, 0.6) is 17.2 Å². The number of imide groups is 1. The fourth-order valence-electron chi connectivity index (χ4n) is 5.55. The van der Waals surface area contributed by atoms with Crippen molar-refractivity contribution in [2.45, 2.75) is 25.4 Å². The summed E-state index contributed by atoms with van der Waals surface area (Å²) < 4.78 is 21.9. The van der Waals surface area contributed by atoms with Crippen LogP contribution in [0, 0.1) is 11.8 Å². The average Bonchev–Trinajstić information content (AvgIpc) is 3.23. The van der Waals surface area contributed by atoms with Gasteiger partial charge < -0.3 is 23.8 Å². The van der Waals surface area contributed by atoms with Crippen LogP contribution in [-0.2, 0) is 14.3 Å². The van der Waals surface area contributed by atoms with Crippen LogP contribution in [-0.4, -0.2) is 55.8 Å². The Morgan fingerprint density at radius 3 is 2.41 bits per heavy atom. The number of amides is 3. The van der Waals surface area contributed by atoms with Crippen molar-refractivity contribution in [1.82, 2.24) is 4.90 Å². The Balaban J connectivity index is 1.65. The van der Waals surface area contributed by atoms with E-state index in [0.29, 0.717) is 22.9 Å². The predicted molar refractivity (Wildman–Crippen MR) is 121 cm³/mol. The fourth-order valence-corrected chi connectivity index (χ4v) is 5.55. The molecule has 0 radical (unpaired) electrons. The second kappa shape index (κ2) is 7.93. The lowest BCUT2D eigenvalue weighted by atomic mass is 9.77. The summed E-state index contributed by atoms with van der Waals surface area (Å²) in [5.41, 5.74) is -0.288. The van der Waals surface area contributed by atoms with Crippen LogP contribution in [0.4, 0.5) is 10.5 Å². The number of carbonyl (C=O) groups is 3. The molecule has 0 spiro atoms. The largest absolute Gasteiger partial charge is 0.497 e. The molecule has 0 aromatic heterocycles. The highest BCUT2D eigenvalue weighted by molar-refractivity contribution is 6.24. The molecule has 178 valence electrons. The molecule has 0 N–H and O–H groups in total. The van der Waals surface area contributed by atoms with Gasteiger partial charge in [0.2, 0.25) is 0 Å². The normalized spacial score (nSPS) is 27.0. The van der Waals surface area contributed by atoms with Crippen LogP contribution in [0.3, 0.4) is 0 Å². The summed E-state index contributed by atoms with van der Waals surface area (Å²) in [5.74, 6) is -0.514. The average molecular weight is 466 g/mol. The van der Waals surface area contributed by atoms with Gasteiger partial charge in [-0.25, -0.2) is 9.69 Å². The molecule has 3 unspecified atom stereocenters. The molecule has 0 bridgehead atoms. The predicted octanol–water partition coefficient (Wildman–Crippen LogP) is 3.17. The molecule has 3 aliphatic rings. The number of fused-ring (bicyclic) bond motifs is 5. The Kier molecular flexibility index (Phi) is 5.15. The first kappa shape index (κ1) is 22.1. The Morgan fingerprint density at radius 1 is 1.09 bits per heavy atom. The lowest BCUT2D eigenvalue weighted by Gasteiger charge is -2.34. The number of urea groups is 1. The first-order valence-corrected chi connectivity index (χ1v) is 11.2. The third kappa shape index (κ3) is 2.89. The molecule has 0 saturated carbocycles. The van der Waals surface area contributed by atoms with Crippen molar-refractivity contribution in [3.8, 4) is 17.2 Å². The van der Waals surface area contributed by atoms with E-state index in [9.17, 15) is 14.4 Å². The highest BCUT2D eigenvalue weighted by Gasteiger charge is 2.72. The van der Waals surface area contributed by atoms with Crippen LogP contribution in [0.2, 0.25) is 0 Å². The molecule has 5 rings (SSSR count). The summed E-state index contributed by atoms with van der Waals surface area (Å²) in [5, 5.41) is 0. The minimum atomic E-state index is -1.43. The highest BCUT2D eigenvalue weighted by Crippen LogP contribution is 2.58. The van der Waals surface area contributed by atoms with Gasteiger partial charge in [0.15, 0.2) is 0 Å². The zero-order valence-electron chi connectivity index (χ0n) is 19.4. The first-order valence-electron chi connectivity index (χ1n) is 11.2. The molecule has 2 saturated heterocycles. The molecule has 3 aliphatic heterocycles. The molecule has 2 aromatic carbocycles. The van der Waals surface area contributed by atoms with E-state index in [1.807, 2.05) is 6.07 Å². The number of ether oxygens (including phenoxy) is 4. The van der Waals surface area contributed by atoms with E-state index in [-0.39, 0.29) is 13.2 Å². The maximum Gasteiger partial charge on any atom is 0.332 e. The number of benzene rings is 2. The van der Waals surface area contributed by atoms with Crippen molar-refractivity contribution in [3.63, 3.8) is 0 Å². The molecule has 4 atom stereocenters. The third-order valence-corrected chi connectivity index (χ3v) is 7.09. The smallest absolute Gasteiger partial charge is 0.332 e. The van der Waals surface area contributed by atoms with Gasteiger partial charge in [-0.1, -0.05) is 0 Å². The van der Waals surface area contributed by atoms with Gasteiger partial charge in [-0.15, -0.1) is 0 Å². The number of nitrogens with zero attached hydrogens (tertiary/aromatic N) is 2. The van der Waals surface area contributed by atoms with Crippen molar-refractivity contribution < 1.29 is 33.3 Å². The van der Waals surface area contributed by atoms with E-state index < -0.39 is 41.3 Å². The van der Waals surface area contributed by atoms with Crippen molar-refractivity contribution in [3.05, 3.63) is 48.0 Å². The van der Waals surface area contributed by atoms with Gasteiger partial charge in [-0.3, -0.25) is 9.59 Å². The highest BCUT2D eigenvalue weighted by atomic mass is 16.5. The maximum atomic E-state index is 13.9. The second-order valence-corrected chi connectivity index (χ2v) is 8.69. The van der Waals surface area contributed by atoms with Crippen molar-refractivity contribution in [1.29, 1.82) is 0 Å². The van der Waals surface area contributed by atoms with E-state index >= 15 is 0 Å². The molecule has 3 amide bonds. The molecule has 3 heterocycles. The Hall–Kier alpha value is -3.75. The van der Waals surface area contributed by atoms with E-state index in [0.717, 1.165) is 10.5 Å². The molecule has 9 heteroatoms. The summed E-state index contributed by atoms with van der Waals surface area (Å²) in [4.78, 5) is 43.7. The summed E-state index contributed by atoms with van der Waals surface area (Å²) >= 11 is 0. The van der Waals surface area contributed by atoms with Gasteiger partial charge in [0.1, 0.15) is 22.8 Å². The minimum absolute atomic E-state index is 0.168. The van der Waals surface area contributed by atoms with Gasteiger partial charge in [0.25, 0.3) is 5.91 Å². The van der Waals surface area contributed by atoms with E-state index in [1.165, 1.54) is 0 Å². The monoisotopic (exact) mass is 466 g/mol. The summed E-state index contributed by atoms with van der Waals surface area (Å²) in [7, 11) is 3.10. The number of rotatable bonds is 5.